The zero-order chi connectivity index (χ0) is 14.0. The molecular weight excluding hydrogens is 361 g/mol. The molecule has 0 unspecified atom stereocenters. The van der Waals surface area contributed by atoms with E-state index in [0.717, 1.165) is 27.3 Å². The van der Waals surface area contributed by atoms with Crippen LogP contribution < -0.4 is 0 Å². The summed E-state index contributed by atoms with van der Waals surface area (Å²) in [5.74, 6) is -1.31. The van der Waals surface area contributed by atoms with Crippen molar-refractivity contribution in [2.75, 3.05) is 0 Å². The molecule has 2 rings (SSSR count). The third kappa shape index (κ3) is 3.18. The van der Waals surface area contributed by atoms with Crippen LogP contribution in [0.5, 0.6) is 0 Å². The predicted molar refractivity (Wildman–Crippen MR) is 78.3 cm³/mol. The van der Waals surface area contributed by atoms with E-state index < -0.39 is 11.6 Å². The number of hydrogen-bond acceptors (Lipinski definition) is 1. The molecule has 0 saturated heterocycles. The Morgan fingerprint density at radius 3 is 2.68 bits per heavy atom. The minimum atomic E-state index is -0.558. The van der Waals surface area contributed by atoms with Gasteiger partial charge in [-0.05, 0) is 58.8 Å². The Bertz CT molecular complexity index is 638. The lowest BCUT2D eigenvalue weighted by atomic mass is 10.0. The number of halogens is 3. The molecule has 0 heterocycles. The SMILES string of the molecule is Cc1cccc(C(=O)Cc2cc(F)ccc2F)c1I. The highest BCUT2D eigenvalue weighted by Crippen LogP contribution is 2.20. The zero-order valence-electron chi connectivity index (χ0n) is 10.2. The van der Waals surface area contributed by atoms with E-state index in [1.165, 1.54) is 0 Å². The van der Waals surface area contributed by atoms with E-state index in [2.05, 4.69) is 22.6 Å². The maximum Gasteiger partial charge on any atom is 0.168 e. The van der Waals surface area contributed by atoms with Gasteiger partial charge in [0, 0.05) is 15.6 Å². The number of benzene rings is 2. The number of aryl methyl sites for hydroxylation is 1. The minimum absolute atomic E-state index is 0.0855. The molecule has 2 aromatic carbocycles. The van der Waals surface area contributed by atoms with Crippen LogP contribution in [0.4, 0.5) is 8.78 Å². The second-order valence-corrected chi connectivity index (χ2v) is 5.35. The molecule has 1 nitrogen and oxygen atoms in total. The van der Waals surface area contributed by atoms with Gasteiger partial charge >= 0.3 is 0 Å². The molecule has 98 valence electrons. The second-order valence-electron chi connectivity index (χ2n) is 4.27. The molecule has 0 aliphatic heterocycles. The van der Waals surface area contributed by atoms with E-state index in [-0.39, 0.29) is 17.8 Å². The standard InChI is InChI=1S/C15H11F2IO/c1-9-3-2-4-12(15(9)18)14(19)8-10-7-11(16)5-6-13(10)17/h2-7H,8H2,1H3. The topological polar surface area (TPSA) is 17.1 Å². The van der Waals surface area contributed by atoms with Crippen LogP contribution in [0.2, 0.25) is 0 Å². The van der Waals surface area contributed by atoms with Gasteiger partial charge < -0.3 is 0 Å². The van der Waals surface area contributed by atoms with E-state index in [1.807, 2.05) is 13.0 Å². The predicted octanol–water partition coefficient (Wildman–Crippen LogP) is 4.30. The summed E-state index contributed by atoms with van der Waals surface area (Å²) in [6.07, 6.45) is -0.136. The molecular formula is C15H11F2IO. The fourth-order valence-corrected chi connectivity index (χ4v) is 2.47. The van der Waals surface area contributed by atoms with Crippen molar-refractivity contribution in [3.8, 4) is 0 Å². The van der Waals surface area contributed by atoms with Crippen LogP contribution in [-0.4, -0.2) is 5.78 Å². The van der Waals surface area contributed by atoms with Crippen molar-refractivity contribution < 1.29 is 13.6 Å². The Morgan fingerprint density at radius 1 is 1.21 bits per heavy atom. The highest BCUT2D eigenvalue weighted by atomic mass is 127. The van der Waals surface area contributed by atoms with Crippen LogP contribution in [0.25, 0.3) is 0 Å². The van der Waals surface area contributed by atoms with Gasteiger partial charge in [-0.3, -0.25) is 4.79 Å². The number of Topliss-reactive ketones (excluding diaryl/α,β-unsaturated/α-hetero) is 1. The largest absolute Gasteiger partial charge is 0.294 e. The average molecular weight is 372 g/mol. The molecule has 0 fully saturated rings. The van der Waals surface area contributed by atoms with Crippen molar-refractivity contribution in [3.05, 3.63) is 68.3 Å². The van der Waals surface area contributed by atoms with Crippen molar-refractivity contribution in [2.24, 2.45) is 0 Å². The fraction of sp³-hybridized carbons (Fsp3) is 0.133. The lowest BCUT2D eigenvalue weighted by Crippen LogP contribution is -2.08. The van der Waals surface area contributed by atoms with Gasteiger partial charge in [0.05, 0.1) is 0 Å². The first-order valence-electron chi connectivity index (χ1n) is 5.71. The van der Waals surface area contributed by atoms with Gasteiger partial charge in [0.15, 0.2) is 5.78 Å². The summed E-state index contributed by atoms with van der Waals surface area (Å²) >= 11 is 2.09. The fourth-order valence-electron chi connectivity index (χ4n) is 1.81. The van der Waals surface area contributed by atoms with E-state index in [9.17, 15) is 13.6 Å². The summed E-state index contributed by atoms with van der Waals surface area (Å²) in [6, 6.07) is 8.54. The van der Waals surface area contributed by atoms with E-state index in [1.54, 1.807) is 12.1 Å². The Kier molecular flexibility index (Phi) is 4.29. The average Bonchev–Trinajstić information content (AvgIpc) is 2.37. The van der Waals surface area contributed by atoms with Crippen LogP contribution in [0.3, 0.4) is 0 Å². The Hall–Kier alpha value is -1.30. The van der Waals surface area contributed by atoms with Crippen molar-refractivity contribution in [1.82, 2.24) is 0 Å². The molecule has 0 aromatic heterocycles. The van der Waals surface area contributed by atoms with Gasteiger partial charge in [0.2, 0.25) is 0 Å². The molecule has 0 aliphatic rings. The number of carbonyl (C=O) groups is 1. The molecule has 0 bridgehead atoms. The molecule has 2 aromatic rings. The Morgan fingerprint density at radius 2 is 1.95 bits per heavy atom. The highest BCUT2D eigenvalue weighted by molar-refractivity contribution is 14.1. The smallest absolute Gasteiger partial charge is 0.168 e. The van der Waals surface area contributed by atoms with Gasteiger partial charge in [-0.1, -0.05) is 18.2 Å². The molecule has 19 heavy (non-hydrogen) atoms. The number of hydrogen-bond donors (Lipinski definition) is 0. The molecule has 0 amide bonds. The van der Waals surface area contributed by atoms with Crippen LogP contribution in [0, 0.1) is 22.1 Å². The van der Waals surface area contributed by atoms with Crippen LogP contribution in [0.15, 0.2) is 36.4 Å². The van der Waals surface area contributed by atoms with Crippen LogP contribution in [-0.2, 0) is 6.42 Å². The summed E-state index contributed by atoms with van der Waals surface area (Å²) in [4.78, 5) is 12.2. The van der Waals surface area contributed by atoms with E-state index >= 15 is 0 Å². The molecule has 0 N–H and O–H groups in total. The van der Waals surface area contributed by atoms with Gasteiger partial charge in [0.25, 0.3) is 0 Å². The van der Waals surface area contributed by atoms with Crippen molar-refractivity contribution in [1.29, 1.82) is 0 Å². The number of carbonyl (C=O) groups excluding carboxylic acids is 1. The lowest BCUT2D eigenvalue weighted by molar-refractivity contribution is 0.0991. The van der Waals surface area contributed by atoms with Crippen molar-refractivity contribution in [3.63, 3.8) is 0 Å². The summed E-state index contributed by atoms with van der Waals surface area (Å²) < 4.78 is 27.4. The lowest BCUT2D eigenvalue weighted by Gasteiger charge is -2.07. The van der Waals surface area contributed by atoms with Crippen molar-refractivity contribution >= 4 is 28.4 Å². The maximum absolute atomic E-state index is 13.5. The van der Waals surface area contributed by atoms with Crippen molar-refractivity contribution in [2.45, 2.75) is 13.3 Å². The summed E-state index contributed by atoms with van der Waals surface area (Å²) in [5, 5.41) is 0. The third-order valence-electron chi connectivity index (χ3n) is 2.85. The first-order chi connectivity index (χ1) is 8.99. The van der Waals surface area contributed by atoms with E-state index in [4.69, 9.17) is 0 Å². The van der Waals surface area contributed by atoms with Gasteiger partial charge in [-0.25, -0.2) is 8.78 Å². The molecule has 0 aliphatic carbocycles. The maximum atomic E-state index is 13.5. The first-order valence-corrected chi connectivity index (χ1v) is 6.79. The highest BCUT2D eigenvalue weighted by Gasteiger charge is 2.14. The Labute approximate surface area is 123 Å². The van der Waals surface area contributed by atoms with Gasteiger partial charge in [-0.15, -0.1) is 0 Å². The molecule has 0 saturated carbocycles. The normalized spacial score (nSPS) is 10.5. The Balaban J connectivity index is 2.31. The monoisotopic (exact) mass is 372 g/mol. The van der Waals surface area contributed by atoms with Crippen LogP contribution >= 0.6 is 22.6 Å². The third-order valence-corrected chi connectivity index (χ3v) is 4.28. The quantitative estimate of drug-likeness (QED) is 0.580. The second kappa shape index (κ2) is 5.77. The molecule has 0 atom stereocenters. The van der Waals surface area contributed by atoms with E-state index in [0.29, 0.717) is 5.56 Å². The molecule has 0 spiro atoms. The van der Waals surface area contributed by atoms with Crippen LogP contribution in [0.1, 0.15) is 21.5 Å². The molecule has 0 radical (unpaired) electrons. The summed E-state index contributed by atoms with van der Waals surface area (Å²) in [7, 11) is 0. The minimum Gasteiger partial charge on any atom is -0.294 e. The number of rotatable bonds is 3. The molecule has 4 heteroatoms. The van der Waals surface area contributed by atoms with Gasteiger partial charge in [0.1, 0.15) is 11.6 Å². The summed E-state index contributed by atoms with van der Waals surface area (Å²) in [5.41, 5.74) is 1.62. The number of ketones is 1. The zero-order valence-corrected chi connectivity index (χ0v) is 12.4. The van der Waals surface area contributed by atoms with Gasteiger partial charge in [-0.2, -0.15) is 0 Å². The summed E-state index contributed by atoms with van der Waals surface area (Å²) in [6.45, 7) is 1.90. The first kappa shape index (κ1) is 14.1.